The van der Waals surface area contributed by atoms with Crippen LogP contribution in [0.4, 0.5) is 0 Å². The molecule has 0 aliphatic carbocycles. The number of fused-ring (bicyclic) bond motifs is 1. The molecule has 0 atom stereocenters. The lowest BCUT2D eigenvalue weighted by Gasteiger charge is -2.16. The van der Waals surface area contributed by atoms with E-state index in [1.165, 1.54) is 24.0 Å². The highest BCUT2D eigenvalue weighted by Crippen LogP contribution is 2.25. The number of benzene rings is 1. The molecule has 0 unspecified atom stereocenters. The normalized spacial score (nSPS) is 13.4. The molecule has 78 valence electrons. The Balaban J connectivity index is 0.000000293. The summed E-state index contributed by atoms with van der Waals surface area (Å²) >= 11 is 0. The maximum absolute atomic E-state index is 5.50. The first-order chi connectivity index (χ1) is 6.77. The van der Waals surface area contributed by atoms with Gasteiger partial charge in [0.05, 0.1) is 6.61 Å². The van der Waals surface area contributed by atoms with Crippen molar-refractivity contribution in [3.05, 3.63) is 29.3 Å². The van der Waals surface area contributed by atoms with Crippen LogP contribution in [-0.4, -0.2) is 6.61 Å². The van der Waals surface area contributed by atoms with Gasteiger partial charge in [-0.3, -0.25) is 0 Å². The minimum absolute atomic E-state index is 0.885. The molecule has 0 saturated heterocycles. The Morgan fingerprint density at radius 2 is 2.00 bits per heavy atom. The van der Waals surface area contributed by atoms with E-state index in [1.54, 1.807) is 0 Å². The number of ether oxygens (including phenoxy) is 1. The van der Waals surface area contributed by atoms with Crippen molar-refractivity contribution >= 4 is 0 Å². The first kappa shape index (κ1) is 11.1. The Hall–Kier alpha value is -0.980. The maximum Gasteiger partial charge on any atom is 0.122 e. The Labute approximate surface area is 87.1 Å². The van der Waals surface area contributed by atoms with Crippen LogP contribution in [0.3, 0.4) is 0 Å². The summed E-state index contributed by atoms with van der Waals surface area (Å²) in [5, 5.41) is 0. The molecule has 0 radical (unpaired) electrons. The van der Waals surface area contributed by atoms with Crippen molar-refractivity contribution in [2.75, 3.05) is 6.61 Å². The molecule has 14 heavy (non-hydrogen) atoms. The van der Waals surface area contributed by atoms with E-state index in [9.17, 15) is 0 Å². The van der Waals surface area contributed by atoms with E-state index in [2.05, 4.69) is 39.0 Å². The summed E-state index contributed by atoms with van der Waals surface area (Å²) in [7, 11) is 0. The number of rotatable bonds is 0. The molecule has 0 aromatic heterocycles. The topological polar surface area (TPSA) is 9.23 Å². The second-order valence-corrected chi connectivity index (χ2v) is 3.77. The maximum atomic E-state index is 5.50. The fraction of sp³-hybridized carbons (Fsp3) is 0.538. The molecule has 1 heteroatoms. The van der Waals surface area contributed by atoms with E-state index in [1.807, 2.05) is 0 Å². The van der Waals surface area contributed by atoms with Crippen LogP contribution in [0.2, 0.25) is 0 Å². The van der Waals surface area contributed by atoms with Crippen molar-refractivity contribution in [3.8, 4) is 5.75 Å². The highest BCUT2D eigenvalue weighted by atomic mass is 16.5. The van der Waals surface area contributed by atoms with Crippen LogP contribution in [0.15, 0.2) is 18.2 Å². The van der Waals surface area contributed by atoms with Gasteiger partial charge in [-0.1, -0.05) is 32.4 Å². The molecule has 0 N–H and O–H groups in total. The monoisotopic (exact) mass is 192 g/mol. The zero-order valence-electron chi connectivity index (χ0n) is 9.47. The van der Waals surface area contributed by atoms with E-state index in [0.717, 1.165) is 18.8 Å². The number of aryl methyl sites for hydroxylation is 2. The average Bonchev–Trinajstić information content (AvgIpc) is 2.19. The highest BCUT2D eigenvalue weighted by molar-refractivity contribution is 5.38. The van der Waals surface area contributed by atoms with Gasteiger partial charge in [-0.15, -0.1) is 0 Å². The van der Waals surface area contributed by atoms with Gasteiger partial charge in [0.15, 0.2) is 0 Å². The van der Waals surface area contributed by atoms with Crippen molar-refractivity contribution < 1.29 is 4.74 Å². The van der Waals surface area contributed by atoms with Gasteiger partial charge in [0, 0.05) is 0 Å². The molecule has 1 aliphatic rings. The highest BCUT2D eigenvalue weighted by Gasteiger charge is 2.08. The van der Waals surface area contributed by atoms with Crippen LogP contribution >= 0.6 is 0 Å². The van der Waals surface area contributed by atoms with Crippen LogP contribution in [0.1, 0.15) is 37.8 Å². The predicted molar refractivity (Wildman–Crippen MR) is 61.0 cm³/mol. The zero-order valence-corrected chi connectivity index (χ0v) is 9.47. The molecular formula is C13H20O. The van der Waals surface area contributed by atoms with Gasteiger partial charge in [-0.25, -0.2) is 0 Å². The van der Waals surface area contributed by atoms with Crippen molar-refractivity contribution in [2.45, 2.75) is 40.0 Å². The van der Waals surface area contributed by atoms with Crippen LogP contribution in [0, 0.1) is 6.92 Å². The lowest BCUT2D eigenvalue weighted by Crippen LogP contribution is -2.07. The summed E-state index contributed by atoms with van der Waals surface area (Å²) in [5.74, 6) is 1.09. The molecule has 1 heterocycles. The van der Waals surface area contributed by atoms with Gasteiger partial charge in [-0.2, -0.15) is 0 Å². The first-order valence-electron chi connectivity index (χ1n) is 5.50. The van der Waals surface area contributed by atoms with Crippen molar-refractivity contribution in [1.82, 2.24) is 0 Å². The van der Waals surface area contributed by atoms with Crippen molar-refractivity contribution in [2.24, 2.45) is 0 Å². The largest absolute Gasteiger partial charge is 0.493 e. The number of hydrogen-bond acceptors (Lipinski definition) is 1. The fourth-order valence-electron chi connectivity index (χ4n) is 1.45. The van der Waals surface area contributed by atoms with Gasteiger partial charge >= 0.3 is 0 Å². The molecule has 0 amide bonds. The van der Waals surface area contributed by atoms with Crippen molar-refractivity contribution in [1.29, 1.82) is 0 Å². The average molecular weight is 192 g/mol. The first-order valence-corrected chi connectivity index (χ1v) is 5.50. The SMILES string of the molecule is CCC.Cc1ccc2c(c1)OCCC2. The number of hydrogen-bond donors (Lipinski definition) is 0. The summed E-state index contributed by atoms with van der Waals surface area (Å²) in [6.07, 6.45) is 3.59. The third-order valence-electron chi connectivity index (χ3n) is 2.07. The molecule has 0 saturated carbocycles. The van der Waals surface area contributed by atoms with Gasteiger partial charge in [0.2, 0.25) is 0 Å². The van der Waals surface area contributed by atoms with Gasteiger partial charge < -0.3 is 4.74 Å². The second kappa shape index (κ2) is 5.69. The minimum Gasteiger partial charge on any atom is -0.493 e. The van der Waals surface area contributed by atoms with E-state index < -0.39 is 0 Å². The third-order valence-corrected chi connectivity index (χ3v) is 2.07. The van der Waals surface area contributed by atoms with Crippen LogP contribution < -0.4 is 4.74 Å². The Morgan fingerprint density at radius 1 is 1.29 bits per heavy atom. The molecule has 1 nitrogen and oxygen atoms in total. The Morgan fingerprint density at radius 3 is 2.71 bits per heavy atom. The van der Waals surface area contributed by atoms with Gasteiger partial charge in [0.25, 0.3) is 0 Å². The van der Waals surface area contributed by atoms with Crippen molar-refractivity contribution in [3.63, 3.8) is 0 Å². The quantitative estimate of drug-likeness (QED) is 0.608. The van der Waals surface area contributed by atoms with E-state index >= 15 is 0 Å². The summed E-state index contributed by atoms with van der Waals surface area (Å²) in [6, 6.07) is 6.44. The molecule has 1 aliphatic heterocycles. The molecule has 0 spiro atoms. The Kier molecular flexibility index (Phi) is 4.51. The lowest BCUT2D eigenvalue weighted by atomic mass is 10.0. The van der Waals surface area contributed by atoms with Gasteiger partial charge in [0.1, 0.15) is 5.75 Å². The fourth-order valence-corrected chi connectivity index (χ4v) is 1.45. The third kappa shape index (κ3) is 3.06. The molecular weight excluding hydrogens is 172 g/mol. The summed E-state index contributed by atoms with van der Waals surface area (Å²) in [5.41, 5.74) is 2.65. The van der Waals surface area contributed by atoms with Crippen LogP contribution in [-0.2, 0) is 6.42 Å². The smallest absolute Gasteiger partial charge is 0.122 e. The zero-order chi connectivity index (χ0) is 10.4. The molecule has 0 fully saturated rings. The lowest BCUT2D eigenvalue weighted by molar-refractivity contribution is 0.288. The molecule has 0 bridgehead atoms. The van der Waals surface area contributed by atoms with Gasteiger partial charge in [-0.05, 0) is 37.0 Å². The standard InChI is InChI=1S/C10H12O.C3H8/c1-8-4-5-9-3-2-6-11-10(9)7-8;1-3-2/h4-5,7H,2-3,6H2,1H3;3H2,1-2H3. The molecule has 1 aromatic rings. The van der Waals surface area contributed by atoms with E-state index in [-0.39, 0.29) is 0 Å². The second-order valence-electron chi connectivity index (χ2n) is 3.77. The minimum atomic E-state index is 0.885. The van der Waals surface area contributed by atoms with Crippen LogP contribution in [0.5, 0.6) is 5.75 Å². The molecule has 1 aromatic carbocycles. The van der Waals surface area contributed by atoms with Crippen LogP contribution in [0.25, 0.3) is 0 Å². The van der Waals surface area contributed by atoms with E-state index in [4.69, 9.17) is 4.74 Å². The molecule has 2 rings (SSSR count). The Bertz CT molecular complexity index is 279. The summed E-state index contributed by atoms with van der Waals surface area (Å²) in [4.78, 5) is 0. The summed E-state index contributed by atoms with van der Waals surface area (Å²) in [6.45, 7) is 7.23. The predicted octanol–water partition coefficient (Wildman–Crippen LogP) is 3.74. The summed E-state index contributed by atoms with van der Waals surface area (Å²) < 4.78 is 5.50. The van der Waals surface area contributed by atoms with E-state index in [0.29, 0.717) is 0 Å².